The summed E-state index contributed by atoms with van der Waals surface area (Å²) < 4.78 is 34.3. The summed E-state index contributed by atoms with van der Waals surface area (Å²) in [5.74, 6) is -0.238. The van der Waals surface area contributed by atoms with Gasteiger partial charge in [-0.05, 0) is 12.8 Å². The highest BCUT2D eigenvalue weighted by molar-refractivity contribution is 5.76. The third kappa shape index (κ3) is 31.0. The number of rotatable bonds is 53. The van der Waals surface area contributed by atoms with Gasteiger partial charge in [0, 0.05) is 6.42 Å². The number of aliphatic hydroxyl groups excluding tert-OH is 11. The molecule has 17 atom stereocenters. The predicted octanol–water partition coefficient (Wildman–Crippen LogP) is 8.33. The van der Waals surface area contributed by atoms with Crippen molar-refractivity contribution < 1.29 is 89.4 Å². The molecule has 17 unspecified atom stereocenters. The highest BCUT2D eigenvalue weighted by Crippen LogP contribution is 2.33. The Morgan fingerprint density at radius 3 is 1.04 bits per heavy atom. The second-order valence-corrected chi connectivity index (χ2v) is 25.0. The number of nitrogens with one attached hydrogen (secondary N) is 1. The molecule has 0 radical (unpaired) electrons. The molecule has 12 N–H and O–H groups in total. The normalized spacial score (nSPS) is 29.1. The Hall–Kier alpha value is -1.21. The zero-order valence-corrected chi connectivity index (χ0v) is 52.4. The van der Waals surface area contributed by atoms with Crippen LogP contribution in [0.15, 0.2) is 0 Å². The summed E-state index contributed by atoms with van der Waals surface area (Å²) in [6.07, 6.45) is 23.6. The minimum atomic E-state index is -1.97. The second-order valence-electron chi connectivity index (χ2n) is 25.0. The van der Waals surface area contributed by atoms with Crippen molar-refractivity contribution in [1.29, 1.82) is 0 Å². The van der Waals surface area contributed by atoms with Gasteiger partial charge in [-0.3, -0.25) is 4.79 Å². The van der Waals surface area contributed by atoms with Crippen LogP contribution in [-0.2, 0) is 33.2 Å². The Morgan fingerprint density at radius 2 is 0.679 bits per heavy atom. The van der Waals surface area contributed by atoms with Crippen LogP contribution in [0.3, 0.4) is 0 Å². The molecule has 3 aliphatic rings. The first kappa shape index (κ1) is 77.0. The van der Waals surface area contributed by atoms with Crippen LogP contribution in [0, 0.1) is 0 Å². The van der Waals surface area contributed by atoms with Crippen LogP contribution < -0.4 is 5.32 Å². The minimum absolute atomic E-state index is 0.238. The topological polar surface area (TPSA) is 307 Å². The summed E-state index contributed by atoms with van der Waals surface area (Å²) >= 11 is 0. The lowest BCUT2D eigenvalue weighted by atomic mass is 9.96. The number of amides is 1. The highest BCUT2D eigenvalue weighted by Gasteiger charge is 2.53. The van der Waals surface area contributed by atoms with Crippen LogP contribution in [0.25, 0.3) is 0 Å². The second kappa shape index (κ2) is 48.6. The molecule has 3 fully saturated rings. The Balaban J connectivity index is 1.37. The van der Waals surface area contributed by atoms with Crippen molar-refractivity contribution in [1.82, 2.24) is 5.32 Å². The quantitative estimate of drug-likeness (QED) is 0.0255. The van der Waals surface area contributed by atoms with E-state index in [-0.39, 0.29) is 18.9 Å². The molecule has 0 bridgehead atoms. The lowest BCUT2D eigenvalue weighted by Gasteiger charge is -2.48. The fourth-order valence-corrected chi connectivity index (χ4v) is 12.1. The number of hydrogen-bond acceptors (Lipinski definition) is 18. The number of hydrogen-bond donors (Lipinski definition) is 12. The van der Waals surface area contributed by atoms with E-state index in [4.69, 9.17) is 28.4 Å². The number of aliphatic hydroxyl groups is 11. The Morgan fingerprint density at radius 1 is 0.381 bits per heavy atom. The van der Waals surface area contributed by atoms with Crippen LogP contribution >= 0.6 is 0 Å². The van der Waals surface area contributed by atoms with Crippen LogP contribution in [0.4, 0.5) is 0 Å². The van der Waals surface area contributed by atoms with Crippen LogP contribution in [0.2, 0.25) is 0 Å². The van der Waals surface area contributed by atoms with Crippen molar-refractivity contribution in [2.75, 3.05) is 26.4 Å². The average Bonchev–Trinajstić information content (AvgIpc) is 3.59. The third-order valence-electron chi connectivity index (χ3n) is 17.7. The van der Waals surface area contributed by atoms with Crippen LogP contribution in [0.1, 0.15) is 277 Å². The molecule has 0 aromatic carbocycles. The monoisotopic (exact) mass is 1210 g/mol. The van der Waals surface area contributed by atoms with Gasteiger partial charge in [0.1, 0.15) is 73.2 Å². The van der Waals surface area contributed by atoms with E-state index in [0.29, 0.717) is 12.8 Å². The fourth-order valence-electron chi connectivity index (χ4n) is 12.1. The van der Waals surface area contributed by atoms with E-state index in [1.54, 1.807) is 0 Å². The molecular weight excluding hydrogens is 1080 g/mol. The average molecular weight is 1210 g/mol. The fraction of sp³-hybridized carbons (Fsp3) is 0.985. The lowest BCUT2D eigenvalue weighted by Crippen LogP contribution is -2.66. The molecule has 0 aromatic heterocycles. The van der Waals surface area contributed by atoms with Gasteiger partial charge in [0.15, 0.2) is 18.9 Å². The third-order valence-corrected chi connectivity index (χ3v) is 17.7. The summed E-state index contributed by atoms with van der Waals surface area (Å²) in [6, 6.07) is -0.880. The van der Waals surface area contributed by atoms with Gasteiger partial charge in [0.05, 0.1) is 38.6 Å². The summed E-state index contributed by atoms with van der Waals surface area (Å²) in [6.45, 7) is 1.81. The summed E-state index contributed by atoms with van der Waals surface area (Å²) in [5, 5.41) is 120. The Bertz CT molecular complexity index is 1540. The van der Waals surface area contributed by atoms with Gasteiger partial charge in [0.2, 0.25) is 5.91 Å². The molecule has 19 nitrogen and oxygen atoms in total. The van der Waals surface area contributed by atoms with E-state index in [1.165, 1.54) is 199 Å². The molecule has 1 amide bonds. The van der Waals surface area contributed by atoms with Crippen molar-refractivity contribution in [3.63, 3.8) is 0 Å². The van der Waals surface area contributed by atoms with E-state index in [2.05, 4.69) is 19.2 Å². The van der Waals surface area contributed by atoms with Gasteiger partial charge < -0.3 is 89.9 Å². The predicted molar refractivity (Wildman–Crippen MR) is 324 cm³/mol. The number of ether oxygens (including phenoxy) is 6. The standard InChI is InChI=1S/C65H125NO18/c1-3-5-7-9-11-13-15-16-17-18-19-20-21-22-23-24-25-26-27-28-29-30-31-33-35-37-39-41-43-53(71)66-48(49(70)42-40-38-36-34-32-14-12-10-8-6-4-2)47-79-63-59(77)56(74)61(51(45-68)81-63)84-65-60(78)57(75)62(52(46-69)82-65)83-64-58(76)55(73)54(72)50(44-67)80-64/h48-52,54-65,67-70,72-78H,3-47H2,1-2H3,(H,66,71). The first-order chi connectivity index (χ1) is 40.8. The first-order valence-corrected chi connectivity index (χ1v) is 34.3. The molecule has 19 heteroatoms. The Kier molecular flexibility index (Phi) is 44.6. The molecule has 498 valence electrons. The van der Waals surface area contributed by atoms with Crippen LogP contribution in [0.5, 0.6) is 0 Å². The lowest BCUT2D eigenvalue weighted by molar-refractivity contribution is -0.379. The zero-order valence-electron chi connectivity index (χ0n) is 52.4. The summed E-state index contributed by atoms with van der Waals surface area (Å²) in [4.78, 5) is 13.4. The van der Waals surface area contributed by atoms with Crippen molar-refractivity contribution >= 4 is 5.91 Å². The van der Waals surface area contributed by atoms with Gasteiger partial charge >= 0.3 is 0 Å². The maximum atomic E-state index is 13.4. The molecule has 3 aliphatic heterocycles. The van der Waals surface area contributed by atoms with E-state index >= 15 is 0 Å². The zero-order chi connectivity index (χ0) is 61.2. The van der Waals surface area contributed by atoms with Crippen molar-refractivity contribution in [3.05, 3.63) is 0 Å². The molecule has 0 aromatic rings. The highest BCUT2D eigenvalue weighted by atomic mass is 16.8. The largest absolute Gasteiger partial charge is 0.394 e. The first-order valence-electron chi connectivity index (χ1n) is 34.3. The Labute approximate surface area is 506 Å². The van der Waals surface area contributed by atoms with Crippen LogP contribution in [-0.4, -0.2) is 193 Å². The van der Waals surface area contributed by atoms with E-state index in [9.17, 15) is 61.0 Å². The van der Waals surface area contributed by atoms with Crippen molar-refractivity contribution in [2.45, 2.75) is 381 Å². The van der Waals surface area contributed by atoms with Crippen molar-refractivity contribution in [3.8, 4) is 0 Å². The molecule has 3 rings (SSSR count). The maximum absolute atomic E-state index is 13.4. The number of carbonyl (C=O) groups is 1. The molecule has 0 aliphatic carbocycles. The van der Waals surface area contributed by atoms with Gasteiger partial charge in [-0.25, -0.2) is 0 Å². The molecular formula is C65H125NO18. The minimum Gasteiger partial charge on any atom is -0.394 e. The molecule has 84 heavy (non-hydrogen) atoms. The van der Waals surface area contributed by atoms with Gasteiger partial charge in [-0.1, -0.05) is 258 Å². The van der Waals surface area contributed by atoms with E-state index in [0.717, 1.165) is 44.9 Å². The van der Waals surface area contributed by atoms with E-state index < -0.39 is 124 Å². The van der Waals surface area contributed by atoms with Gasteiger partial charge in [-0.2, -0.15) is 0 Å². The molecule has 0 saturated carbocycles. The molecule has 3 heterocycles. The number of unbranched alkanes of at least 4 members (excludes halogenated alkanes) is 37. The smallest absolute Gasteiger partial charge is 0.220 e. The molecule has 0 spiro atoms. The van der Waals surface area contributed by atoms with Gasteiger partial charge in [-0.15, -0.1) is 0 Å². The van der Waals surface area contributed by atoms with Crippen molar-refractivity contribution in [2.24, 2.45) is 0 Å². The van der Waals surface area contributed by atoms with Gasteiger partial charge in [0.25, 0.3) is 0 Å². The maximum Gasteiger partial charge on any atom is 0.220 e. The number of carbonyl (C=O) groups excluding carboxylic acids is 1. The summed E-state index contributed by atoms with van der Waals surface area (Å²) in [5.41, 5.74) is 0. The summed E-state index contributed by atoms with van der Waals surface area (Å²) in [7, 11) is 0. The van der Waals surface area contributed by atoms with E-state index in [1.807, 2.05) is 0 Å². The molecule has 3 saturated heterocycles. The SMILES string of the molecule is CCCCCCCCCCCCCCCCCCCCCCCCCCCCCCC(=O)NC(COC1OC(CO)C(OC2OC(CO)C(OC3OC(CO)C(O)C(O)C3O)C(O)C2O)C(O)C1O)C(O)CCCCCCCCCCCCC.